The van der Waals surface area contributed by atoms with E-state index < -0.39 is 0 Å². The van der Waals surface area contributed by atoms with E-state index in [1.165, 1.54) is 34.1 Å². The van der Waals surface area contributed by atoms with Crippen molar-refractivity contribution in [3.05, 3.63) is 32.9 Å². The smallest absolute Gasteiger partial charge is 0.0320 e. The standard InChI is InChI=1S/C11H14IN/c1-8-7-9(4-5-10(8)12)11-3-2-6-13-11/h4-5,7,11,13H,2-3,6H2,1H3/t11-/m1/s1. The van der Waals surface area contributed by atoms with Crippen molar-refractivity contribution in [3.8, 4) is 0 Å². The third-order valence-electron chi connectivity index (χ3n) is 2.64. The molecule has 1 aromatic carbocycles. The second kappa shape index (κ2) is 3.96. The molecule has 2 heteroatoms. The van der Waals surface area contributed by atoms with Crippen LogP contribution in [0.3, 0.4) is 0 Å². The highest BCUT2D eigenvalue weighted by Gasteiger charge is 2.15. The number of rotatable bonds is 1. The lowest BCUT2D eigenvalue weighted by molar-refractivity contribution is 0.647. The fourth-order valence-corrected chi connectivity index (χ4v) is 2.19. The highest BCUT2D eigenvalue weighted by molar-refractivity contribution is 14.1. The molecule has 1 fully saturated rings. The molecule has 13 heavy (non-hydrogen) atoms. The van der Waals surface area contributed by atoms with E-state index in [2.05, 4.69) is 53.0 Å². The molecule has 0 spiro atoms. The Morgan fingerprint density at radius 2 is 2.31 bits per heavy atom. The van der Waals surface area contributed by atoms with Gasteiger partial charge in [-0.1, -0.05) is 12.1 Å². The molecule has 1 aliphatic rings. The predicted molar refractivity (Wildman–Crippen MR) is 63.9 cm³/mol. The fraction of sp³-hybridized carbons (Fsp3) is 0.455. The lowest BCUT2D eigenvalue weighted by Crippen LogP contribution is -2.12. The van der Waals surface area contributed by atoms with Gasteiger partial charge in [0.25, 0.3) is 0 Å². The third-order valence-corrected chi connectivity index (χ3v) is 3.86. The molecule has 1 heterocycles. The number of hydrogen-bond donors (Lipinski definition) is 1. The Morgan fingerprint density at radius 3 is 2.92 bits per heavy atom. The molecule has 0 aromatic heterocycles. The lowest BCUT2D eigenvalue weighted by Gasteiger charge is -2.11. The average Bonchev–Trinajstić information content (AvgIpc) is 2.62. The van der Waals surface area contributed by atoms with Gasteiger partial charge in [0, 0.05) is 9.61 Å². The van der Waals surface area contributed by atoms with Crippen LogP contribution >= 0.6 is 22.6 Å². The van der Waals surface area contributed by atoms with Gasteiger partial charge in [-0.05, 0) is 66.1 Å². The SMILES string of the molecule is Cc1cc([C@H]2CCCN2)ccc1I. The molecule has 1 nitrogen and oxygen atoms in total. The minimum atomic E-state index is 0.607. The Kier molecular flexibility index (Phi) is 2.89. The van der Waals surface area contributed by atoms with Crippen molar-refractivity contribution < 1.29 is 0 Å². The van der Waals surface area contributed by atoms with Gasteiger partial charge >= 0.3 is 0 Å². The van der Waals surface area contributed by atoms with Crippen LogP contribution < -0.4 is 5.32 Å². The first-order chi connectivity index (χ1) is 6.27. The van der Waals surface area contributed by atoms with Crippen molar-refractivity contribution in [1.29, 1.82) is 0 Å². The van der Waals surface area contributed by atoms with Gasteiger partial charge in [0.1, 0.15) is 0 Å². The van der Waals surface area contributed by atoms with Gasteiger partial charge in [0.2, 0.25) is 0 Å². The number of halogens is 1. The topological polar surface area (TPSA) is 12.0 Å². The van der Waals surface area contributed by atoms with Crippen molar-refractivity contribution in [2.45, 2.75) is 25.8 Å². The molecule has 2 rings (SSSR count). The highest BCUT2D eigenvalue weighted by atomic mass is 127. The highest BCUT2D eigenvalue weighted by Crippen LogP contribution is 2.25. The van der Waals surface area contributed by atoms with E-state index in [9.17, 15) is 0 Å². The van der Waals surface area contributed by atoms with Gasteiger partial charge in [-0.2, -0.15) is 0 Å². The summed E-state index contributed by atoms with van der Waals surface area (Å²) in [6, 6.07) is 7.38. The van der Waals surface area contributed by atoms with Crippen molar-refractivity contribution in [1.82, 2.24) is 5.32 Å². The van der Waals surface area contributed by atoms with Crippen LogP contribution in [0, 0.1) is 10.5 Å². The lowest BCUT2D eigenvalue weighted by atomic mass is 10.0. The summed E-state index contributed by atoms with van der Waals surface area (Å²) in [5.74, 6) is 0. The summed E-state index contributed by atoms with van der Waals surface area (Å²) in [7, 11) is 0. The zero-order valence-electron chi connectivity index (χ0n) is 7.81. The van der Waals surface area contributed by atoms with E-state index in [1.54, 1.807) is 0 Å². The number of hydrogen-bond acceptors (Lipinski definition) is 1. The number of aryl methyl sites for hydroxylation is 1. The molecule has 0 bridgehead atoms. The zero-order valence-corrected chi connectivity index (χ0v) is 9.97. The molecular formula is C11H14IN. The molecule has 0 unspecified atom stereocenters. The second-order valence-corrected chi connectivity index (χ2v) is 4.82. The average molecular weight is 287 g/mol. The van der Waals surface area contributed by atoms with Crippen LogP contribution in [-0.2, 0) is 0 Å². The summed E-state index contributed by atoms with van der Waals surface area (Å²) < 4.78 is 1.36. The monoisotopic (exact) mass is 287 g/mol. The minimum absolute atomic E-state index is 0.607. The number of nitrogens with one attached hydrogen (secondary N) is 1. The van der Waals surface area contributed by atoms with Gasteiger partial charge < -0.3 is 5.32 Å². The molecule has 0 amide bonds. The minimum Gasteiger partial charge on any atom is -0.310 e. The van der Waals surface area contributed by atoms with E-state index in [0.29, 0.717) is 6.04 Å². The summed E-state index contributed by atoms with van der Waals surface area (Å²) in [5, 5.41) is 3.52. The maximum atomic E-state index is 3.52. The van der Waals surface area contributed by atoms with Crippen LogP contribution in [0.1, 0.15) is 30.0 Å². The molecule has 1 aromatic rings. The molecule has 0 aliphatic carbocycles. The van der Waals surface area contributed by atoms with Crippen LogP contribution in [0.25, 0.3) is 0 Å². The van der Waals surface area contributed by atoms with Gasteiger partial charge in [0.05, 0.1) is 0 Å². The Balaban J connectivity index is 2.25. The summed E-state index contributed by atoms with van der Waals surface area (Å²) in [6.45, 7) is 3.36. The summed E-state index contributed by atoms with van der Waals surface area (Å²) >= 11 is 2.38. The van der Waals surface area contributed by atoms with Crippen LogP contribution in [0.5, 0.6) is 0 Å². The van der Waals surface area contributed by atoms with Gasteiger partial charge in [-0.15, -0.1) is 0 Å². The Hall–Kier alpha value is -0.0900. The third kappa shape index (κ3) is 2.05. The van der Waals surface area contributed by atoms with Crippen molar-refractivity contribution in [2.24, 2.45) is 0 Å². The first-order valence-corrected chi connectivity index (χ1v) is 5.84. The summed E-state index contributed by atoms with van der Waals surface area (Å²) in [6.07, 6.45) is 2.61. The van der Waals surface area contributed by atoms with E-state index >= 15 is 0 Å². The van der Waals surface area contributed by atoms with Crippen molar-refractivity contribution in [2.75, 3.05) is 6.54 Å². The first kappa shape index (κ1) is 9.46. The molecule has 1 aliphatic heterocycles. The van der Waals surface area contributed by atoms with Crippen LogP contribution in [0.4, 0.5) is 0 Å². The quantitative estimate of drug-likeness (QED) is 0.783. The van der Waals surface area contributed by atoms with Crippen LogP contribution in [0.15, 0.2) is 18.2 Å². The van der Waals surface area contributed by atoms with Gasteiger partial charge in [-0.3, -0.25) is 0 Å². The van der Waals surface area contributed by atoms with Crippen LogP contribution in [-0.4, -0.2) is 6.54 Å². The van der Waals surface area contributed by atoms with Gasteiger partial charge in [-0.25, -0.2) is 0 Å². The van der Waals surface area contributed by atoms with E-state index in [0.717, 1.165) is 0 Å². The maximum absolute atomic E-state index is 3.52. The van der Waals surface area contributed by atoms with Gasteiger partial charge in [0.15, 0.2) is 0 Å². The fourth-order valence-electron chi connectivity index (χ4n) is 1.85. The summed E-state index contributed by atoms with van der Waals surface area (Å²) in [5.41, 5.74) is 2.85. The molecule has 1 saturated heterocycles. The first-order valence-electron chi connectivity index (χ1n) is 4.77. The zero-order chi connectivity index (χ0) is 9.26. The van der Waals surface area contributed by atoms with Crippen LogP contribution in [0.2, 0.25) is 0 Å². The number of benzene rings is 1. The molecule has 1 atom stereocenters. The van der Waals surface area contributed by atoms with E-state index in [1.807, 2.05) is 0 Å². The van der Waals surface area contributed by atoms with Crippen molar-refractivity contribution >= 4 is 22.6 Å². The Morgan fingerprint density at radius 1 is 1.46 bits per heavy atom. The molecule has 1 N–H and O–H groups in total. The molecule has 0 radical (unpaired) electrons. The predicted octanol–water partition coefficient (Wildman–Crippen LogP) is 3.02. The van der Waals surface area contributed by atoms with Crippen molar-refractivity contribution in [3.63, 3.8) is 0 Å². The van der Waals surface area contributed by atoms with E-state index in [4.69, 9.17) is 0 Å². The molecular weight excluding hydrogens is 273 g/mol. The summed E-state index contributed by atoms with van der Waals surface area (Å²) in [4.78, 5) is 0. The molecule has 70 valence electrons. The second-order valence-electron chi connectivity index (χ2n) is 3.66. The largest absolute Gasteiger partial charge is 0.310 e. The molecule has 0 saturated carbocycles. The Labute approximate surface area is 93.1 Å². The Bertz CT molecular complexity index is 303. The normalized spacial score (nSPS) is 22.2. The van der Waals surface area contributed by atoms with E-state index in [-0.39, 0.29) is 0 Å². The maximum Gasteiger partial charge on any atom is 0.0320 e.